The molecule has 3 aromatic carbocycles. The van der Waals surface area contributed by atoms with Gasteiger partial charge in [-0.2, -0.15) is 23.4 Å². The Kier molecular flexibility index (Phi) is 13.2. The summed E-state index contributed by atoms with van der Waals surface area (Å²) in [5.74, 6) is -3.14. The zero-order valence-corrected chi connectivity index (χ0v) is 32.2. The second kappa shape index (κ2) is 15.5. The minimum Gasteiger partial charge on any atom is -0.504 e. The molecule has 0 aliphatic rings. The van der Waals surface area contributed by atoms with Gasteiger partial charge in [0.05, 0.1) is 5.69 Å². The van der Waals surface area contributed by atoms with E-state index < -0.39 is 23.6 Å². The molecule has 0 fully saturated rings. The number of aliphatic hydroxyl groups is 1. The number of carbonyl (C=O) groups is 1. The SMILES string of the molecule is CC(C)(C)Cc1ccc(-c2cc(-c3[c-]c4ccccc4c(C(C)(C)C)c3)nnc2C(C)(C)C)cc1.CC(C)C(=O)/C=C(\O)C(F)(F)F.[Ir]. The number of nitrogens with zero attached hydrogens (tertiary/aromatic N) is 2. The summed E-state index contributed by atoms with van der Waals surface area (Å²) in [6.07, 6.45) is -3.57. The summed E-state index contributed by atoms with van der Waals surface area (Å²) in [5.41, 5.74) is 8.01. The topological polar surface area (TPSA) is 63.1 Å². The van der Waals surface area contributed by atoms with E-state index in [9.17, 15) is 18.0 Å². The summed E-state index contributed by atoms with van der Waals surface area (Å²) in [6.45, 7) is 23.1. The summed E-state index contributed by atoms with van der Waals surface area (Å²) in [4.78, 5) is 10.7. The van der Waals surface area contributed by atoms with Crippen molar-refractivity contribution in [3.63, 3.8) is 0 Å². The second-order valence-electron chi connectivity index (χ2n) is 15.7. The number of aliphatic hydroxyl groups excluding tert-OH is 1. The van der Waals surface area contributed by atoms with Crippen LogP contribution in [0.15, 0.2) is 72.5 Å². The molecule has 48 heavy (non-hydrogen) atoms. The number of benzene rings is 3. The number of alkyl halides is 3. The van der Waals surface area contributed by atoms with Crippen LogP contribution in [0.2, 0.25) is 0 Å². The Hall–Kier alpha value is -3.35. The van der Waals surface area contributed by atoms with Crippen molar-refractivity contribution in [3.8, 4) is 22.4 Å². The van der Waals surface area contributed by atoms with E-state index in [4.69, 9.17) is 15.3 Å². The van der Waals surface area contributed by atoms with Crippen molar-refractivity contribution in [2.24, 2.45) is 11.3 Å². The van der Waals surface area contributed by atoms with Gasteiger partial charge >= 0.3 is 6.18 Å². The summed E-state index contributed by atoms with van der Waals surface area (Å²) >= 11 is 0. The quantitative estimate of drug-likeness (QED) is 0.124. The fourth-order valence-corrected chi connectivity index (χ4v) is 5.08. The van der Waals surface area contributed by atoms with Crippen LogP contribution < -0.4 is 0 Å². The molecule has 1 heterocycles. The normalized spacial score (nSPS) is 12.8. The molecular formula is C40H48F3IrN2O2-. The third-order valence-electron chi connectivity index (χ3n) is 7.50. The molecule has 4 aromatic rings. The van der Waals surface area contributed by atoms with Crippen molar-refractivity contribution in [2.45, 2.75) is 99.6 Å². The second-order valence-corrected chi connectivity index (χ2v) is 15.7. The predicted molar refractivity (Wildman–Crippen MR) is 186 cm³/mol. The number of fused-ring (bicyclic) bond motifs is 1. The van der Waals surface area contributed by atoms with Gasteiger partial charge in [0.2, 0.25) is 5.76 Å². The molecule has 1 aromatic heterocycles. The van der Waals surface area contributed by atoms with Gasteiger partial charge in [-0.1, -0.05) is 136 Å². The van der Waals surface area contributed by atoms with E-state index in [-0.39, 0.29) is 42.4 Å². The van der Waals surface area contributed by atoms with Gasteiger partial charge in [-0.05, 0) is 28.4 Å². The van der Waals surface area contributed by atoms with Crippen LogP contribution in [-0.2, 0) is 42.2 Å². The molecule has 0 unspecified atom stereocenters. The summed E-state index contributed by atoms with van der Waals surface area (Å²) < 4.78 is 34.8. The average molecular weight is 838 g/mol. The van der Waals surface area contributed by atoms with Crippen LogP contribution in [-0.4, -0.2) is 27.3 Å². The first-order chi connectivity index (χ1) is 21.5. The Morgan fingerprint density at radius 3 is 1.94 bits per heavy atom. The molecule has 4 nitrogen and oxygen atoms in total. The van der Waals surface area contributed by atoms with Gasteiger partial charge in [0.25, 0.3) is 0 Å². The van der Waals surface area contributed by atoms with Crippen molar-refractivity contribution in [1.82, 2.24) is 10.2 Å². The van der Waals surface area contributed by atoms with E-state index in [1.165, 1.54) is 35.9 Å². The van der Waals surface area contributed by atoms with Gasteiger partial charge in [-0.15, -0.1) is 29.1 Å². The van der Waals surface area contributed by atoms with Crippen LogP contribution in [0.1, 0.15) is 93.0 Å². The van der Waals surface area contributed by atoms with Crippen molar-refractivity contribution in [3.05, 3.63) is 95.4 Å². The molecule has 1 radical (unpaired) electrons. The Morgan fingerprint density at radius 1 is 0.854 bits per heavy atom. The van der Waals surface area contributed by atoms with Gasteiger partial charge < -0.3 is 5.11 Å². The first-order valence-corrected chi connectivity index (χ1v) is 15.9. The fourth-order valence-electron chi connectivity index (χ4n) is 5.08. The molecule has 0 bridgehead atoms. The number of rotatable bonds is 5. The van der Waals surface area contributed by atoms with Crippen LogP contribution in [0.25, 0.3) is 33.2 Å². The molecule has 1 N–H and O–H groups in total. The molecule has 0 saturated heterocycles. The number of ketones is 1. The van der Waals surface area contributed by atoms with E-state index in [1.807, 2.05) is 0 Å². The van der Waals surface area contributed by atoms with Gasteiger partial charge in [0.1, 0.15) is 0 Å². The third-order valence-corrected chi connectivity index (χ3v) is 7.50. The monoisotopic (exact) mass is 838 g/mol. The molecule has 261 valence electrons. The number of hydrogen-bond acceptors (Lipinski definition) is 4. The molecule has 0 atom stereocenters. The predicted octanol–water partition coefficient (Wildman–Crippen LogP) is 11.2. The van der Waals surface area contributed by atoms with Gasteiger partial charge in [-0.25, -0.2) is 0 Å². The van der Waals surface area contributed by atoms with Crippen LogP contribution in [0.5, 0.6) is 0 Å². The molecule has 8 heteroatoms. The summed E-state index contributed by atoms with van der Waals surface area (Å²) in [5, 5.41) is 20.2. The number of hydrogen-bond donors (Lipinski definition) is 1. The van der Waals surface area contributed by atoms with E-state index >= 15 is 0 Å². The molecule has 4 rings (SSSR count). The summed E-state index contributed by atoms with van der Waals surface area (Å²) in [7, 11) is 0. The van der Waals surface area contributed by atoms with E-state index in [0.717, 1.165) is 34.3 Å². The smallest absolute Gasteiger partial charge is 0.448 e. The van der Waals surface area contributed by atoms with Gasteiger partial charge in [0.15, 0.2) is 5.78 Å². The molecular weight excluding hydrogens is 790 g/mol. The standard InChI is InChI=1S/C33H39N2.C7H9F3O2.Ir/c1-31(2,3)21-22-14-16-23(17-15-22)27-20-29(34-35-30(27)33(7,8)9)25-18-24-12-10-11-13-26(24)28(19-25)32(4,5)6;1-4(2)5(11)3-6(12)7(8,9)10;/h10-17,19-20H,21H2,1-9H3;3-4,12H,1-2H3;/q-1;;/b;6-3-;. The van der Waals surface area contributed by atoms with Crippen molar-refractivity contribution in [2.75, 3.05) is 0 Å². The van der Waals surface area contributed by atoms with E-state index in [2.05, 4.69) is 129 Å². The van der Waals surface area contributed by atoms with Gasteiger partial charge in [-0.3, -0.25) is 4.79 Å². The maximum atomic E-state index is 11.6. The first-order valence-electron chi connectivity index (χ1n) is 15.9. The maximum Gasteiger partial charge on any atom is 0.448 e. The van der Waals surface area contributed by atoms with Crippen molar-refractivity contribution >= 4 is 16.6 Å². The Morgan fingerprint density at radius 2 is 1.44 bits per heavy atom. The molecule has 0 saturated carbocycles. The zero-order valence-electron chi connectivity index (χ0n) is 29.9. The average Bonchev–Trinajstić information content (AvgIpc) is 2.94. The maximum absolute atomic E-state index is 11.6. The van der Waals surface area contributed by atoms with Crippen molar-refractivity contribution in [1.29, 1.82) is 0 Å². The Bertz CT molecular complexity index is 1740. The Balaban J connectivity index is 0.000000527. The summed E-state index contributed by atoms with van der Waals surface area (Å²) in [6, 6.07) is 25.6. The number of carbonyl (C=O) groups excluding carboxylic acids is 1. The minimum atomic E-state index is -4.83. The third kappa shape index (κ3) is 11.1. The van der Waals surface area contributed by atoms with Crippen molar-refractivity contribution < 1.29 is 43.2 Å². The molecule has 0 spiro atoms. The number of aromatic nitrogens is 2. The van der Waals surface area contributed by atoms with Crippen LogP contribution in [0.3, 0.4) is 0 Å². The Labute approximate surface area is 297 Å². The molecule has 0 amide bonds. The van der Waals surface area contributed by atoms with Gasteiger partial charge in [0, 0.05) is 48.8 Å². The van der Waals surface area contributed by atoms with Crippen LogP contribution in [0.4, 0.5) is 13.2 Å². The largest absolute Gasteiger partial charge is 0.504 e. The number of halogens is 3. The zero-order chi connectivity index (χ0) is 35.5. The minimum absolute atomic E-state index is 0. The van der Waals surface area contributed by atoms with E-state index in [1.54, 1.807) is 0 Å². The van der Waals surface area contributed by atoms with E-state index in [0.29, 0.717) is 0 Å². The molecule has 0 aliphatic carbocycles. The fraction of sp³-hybridized carbons (Fsp3) is 0.425. The first kappa shape index (κ1) is 40.8. The number of allylic oxidation sites excluding steroid dienone is 2. The van der Waals surface area contributed by atoms with Crippen LogP contribution in [0, 0.1) is 17.4 Å². The molecule has 0 aliphatic heterocycles. The van der Waals surface area contributed by atoms with Crippen LogP contribution >= 0.6 is 0 Å².